The molecule has 2 rings (SSSR count). The van der Waals surface area contributed by atoms with Crippen LogP contribution >= 0.6 is 0 Å². The summed E-state index contributed by atoms with van der Waals surface area (Å²) in [7, 11) is 0. The van der Waals surface area contributed by atoms with Gasteiger partial charge in [-0.05, 0) is 30.8 Å². The number of carbonyl (C=O) groups is 1. The fraction of sp³-hybridized carbons (Fsp3) is 0.545. The zero-order valence-electron chi connectivity index (χ0n) is 7.47. The number of hydrogen-bond donors (Lipinski definition) is 0. The molecule has 0 fully saturated rings. The minimum Gasteiger partial charge on any atom is -0.295 e. The zero-order chi connectivity index (χ0) is 8.55. The van der Waals surface area contributed by atoms with E-state index in [1.807, 2.05) is 0 Å². The molecule has 0 N–H and O–H groups in total. The van der Waals surface area contributed by atoms with Crippen molar-refractivity contribution in [3.63, 3.8) is 0 Å². The zero-order valence-corrected chi connectivity index (χ0v) is 7.47. The molecule has 0 heterocycles. The number of carbonyl (C=O) groups excluding carboxylic acids is 1. The number of hydrogen-bond acceptors (Lipinski definition) is 1. The van der Waals surface area contributed by atoms with Crippen LogP contribution in [0.3, 0.4) is 0 Å². The molecule has 2 aliphatic rings. The van der Waals surface area contributed by atoms with Crippen molar-refractivity contribution in [1.82, 2.24) is 0 Å². The lowest BCUT2D eigenvalue weighted by atomic mass is 9.79. The van der Waals surface area contributed by atoms with Gasteiger partial charge in [0.05, 0.1) is 0 Å². The van der Waals surface area contributed by atoms with E-state index >= 15 is 0 Å². The molecule has 2 aliphatic carbocycles. The minimum atomic E-state index is 0.396. The molecule has 0 spiro atoms. The SMILES string of the molecule is CC1C=CCC2=C1CCCC2=O. The van der Waals surface area contributed by atoms with Gasteiger partial charge in [0.1, 0.15) is 0 Å². The van der Waals surface area contributed by atoms with Crippen LogP contribution in [0.15, 0.2) is 23.3 Å². The highest BCUT2D eigenvalue weighted by Crippen LogP contribution is 2.33. The highest BCUT2D eigenvalue weighted by molar-refractivity contribution is 5.97. The van der Waals surface area contributed by atoms with Crippen LogP contribution in [0.1, 0.15) is 32.6 Å². The van der Waals surface area contributed by atoms with Crippen molar-refractivity contribution in [2.24, 2.45) is 5.92 Å². The Morgan fingerprint density at radius 3 is 3.00 bits per heavy atom. The molecular weight excluding hydrogens is 148 g/mol. The van der Waals surface area contributed by atoms with Gasteiger partial charge in [0, 0.05) is 6.42 Å². The molecule has 0 aromatic heterocycles. The maximum atomic E-state index is 11.5. The molecule has 1 unspecified atom stereocenters. The summed E-state index contributed by atoms with van der Waals surface area (Å²) >= 11 is 0. The largest absolute Gasteiger partial charge is 0.295 e. The van der Waals surface area contributed by atoms with Gasteiger partial charge < -0.3 is 0 Å². The maximum Gasteiger partial charge on any atom is 0.159 e. The number of allylic oxidation sites excluding steroid dienone is 4. The van der Waals surface area contributed by atoms with E-state index in [1.165, 1.54) is 5.57 Å². The highest BCUT2D eigenvalue weighted by atomic mass is 16.1. The molecule has 1 atom stereocenters. The molecule has 0 amide bonds. The van der Waals surface area contributed by atoms with E-state index in [-0.39, 0.29) is 0 Å². The lowest BCUT2D eigenvalue weighted by molar-refractivity contribution is -0.116. The van der Waals surface area contributed by atoms with Gasteiger partial charge in [-0.15, -0.1) is 0 Å². The van der Waals surface area contributed by atoms with Gasteiger partial charge in [-0.2, -0.15) is 0 Å². The standard InChI is InChI=1S/C11H14O/c1-8-4-2-6-10-9(8)5-3-7-11(10)12/h2,4,8H,3,5-7H2,1H3. The quantitative estimate of drug-likeness (QED) is 0.500. The second-order valence-electron chi connectivity index (χ2n) is 3.70. The fourth-order valence-electron chi connectivity index (χ4n) is 2.17. The molecule has 0 saturated carbocycles. The van der Waals surface area contributed by atoms with Crippen LogP contribution in [0.5, 0.6) is 0 Å². The van der Waals surface area contributed by atoms with E-state index in [9.17, 15) is 4.79 Å². The number of Topliss-reactive ketones (excluding diaryl/α,β-unsaturated/α-hetero) is 1. The Labute approximate surface area is 73.2 Å². The normalized spacial score (nSPS) is 29.1. The molecule has 0 aromatic carbocycles. The number of ketones is 1. The van der Waals surface area contributed by atoms with E-state index in [0.29, 0.717) is 11.7 Å². The van der Waals surface area contributed by atoms with Crippen molar-refractivity contribution in [1.29, 1.82) is 0 Å². The van der Waals surface area contributed by atoms with Gasteiger partial charge >= 0.3 is 0 Å². The van der Waals surface area contributed by atoms with Crippen LogP contribution in [0, 0.1) is 5.92 Å². The van der Waals surface area contributed by atoms with Crippen LogP contribution in [0.2, 0.25) is 0 Å². The predicted octanol–water partition coefficient (Wildman–Crippen LogP) is 2.63. The van der Waals surface area contributed by atoms with E-state index in [4.69, 9.17) is 0 Å². The summed E-state index contributed by atoms with van der Waals surface area (Å²) in [5.41, 5.74) is 2.53. The van der Waals surface area contributed by atoms with Crippen LogP contribution in [-0.2, 0) is 4.79 Å². The van der Waals surface area contributed by atoms with E-state index in [1.54, 1.807) is 0 Å². The average Bonchev–Trinajstić information content (AvgIpc) is 2.07. The second kappa shape index (κ2) is 2.89. The molecule has 0 aromatic rings. The average molecular weight is 162 g/mol. The summed E-state index contributed by atoms with van der Waals surface area (Å²) < 4.78 is 0. The van der Waals surface area contributed by atoms with Crippen molar-refractivity contribution in [2.45, 2.75) is 32.6 Å². The molecule has 1 heteroatoms. The van der Waals surface area contributed by atoms with Crippen LogP contribution in [0.25, 0.3) is 0 Å². The van der Waals surface area contributed by atoms with Gasteiger partial charge in [0.15, 0.2) is 5.78 Å². The first kappa shape index (κ1) is 7.78. The Morgan fingerprint density at radius 1 is 1.42 bits per heavy atom. The Kier molecular flexibility index (Phi) is 1.87. The first-order chi connectivity index (χ1) is 5.79. The molecular formula is C11H14O. The van der Waals surface area contributed by atoms with Crippen LogP contribution < -0.4 is 0 Å². The first-order valence-electron chi connectivity index (χ1n) is 4.71. The van der Waals surface area contributed by atoms with E-state index in [2.05, 4.69) is 19.1 Å². The first-order valence-corrected chi connectivity index (χ1v) is 4.71. The Bertz CT molecular complexity index is 271. The predicted molar refractivity (Wildman–Crippen MR) is 48.8 cm³/mol. The molecule has 12 heavy (non-hydrogen) atoms. The summed E-state index contributed by atoms with van der Waals surface area (Å²) in [6, 6.07) is 0. The Morgan fingerprint density at radius 2 is 2.25 bits per heavy atom. The van der Waals surface area contributed by atoms with Gasteiger partial charge in [0.25, 0.3) is 0 Å². The second-order valence-corrected chi connectivity index (χ2v) is 3.70. The van der Waals surface area contributed by atoms with Crippen molar-refractivity contribution >= 4 is 5.78 Å². The van der Waals surface area contributed by atoms with Crippen molar-refractivity contribution < 1.29 is 4.79 Å². The molecule has 0 radical (unpaired) electrons. The third kappa shape index (κ3) is 1.13. The lowest BCUT2D eigenvalue weighted by Gasteiger charge is -2.25. The van der Waals surface area contributed by atoms with E-state index in [0.717, 1.165) is 31.3 Å². The van der Waals surface area contributed by atoms with Gasteiger partial charge in [0.2, 0.25) is 0 Å². The number of rotatable bonds is 0. The van der Waals surface area contributed by atoms with E-state index < -0.39 is 0 Å². The smallest absolute Gasteiger partial charge is 0.159 e. The molecule has 0 saturated heterocycles. The van der Waals surface area contributed by atoms with Crippen LogP contribution in [0.4, 0.5) is 0 Å². The Hall–Kier alpha value is -0.850. The third-order valence-corrected chi connectivity index (χ3v) is 2.87. The van der Waals surface area contributed by atoms with Gasteiger partial charge in [-0.1, -0.05) is 24.6 Å². The van der Waals surface area contributed by atoms with Gasteiger partial charge in [-0.25, -0.2) is 0 Å². The topological polar surface area (TPSA) is 17.1 Å². The Balaban J connectivity index is 2.35. The van der Waals surface area contributed by atoms with Crippen molar-refractivity contribution in [3.8, 4) is 0 Å². The summed E-state index contributed by atoms with van der Waals surface area (Å²) in [6.45, 7) is 2.18. The summed E-state index contributed by atoms with van der Waals surface area (Å²) in [5.74, 6) is 0.908. The molecule has 1 nitrogen and oxygen atoms in total. The summed E-state index contributed by atoms with van der Waals surface area (Å²) in [5, 5.41) is 0. The fourth-order valence-corrected chi connectivity index (χ4v) is 2.17. The molecule has 64 valence electrons. The van der Waals surface area contributed by atoms with Gasteiger partial charge in [-0.3, -0.25) is 4.79 Å². The maximum absolute atomic E-state index is 11.5. The monoisotopic (exact) mass is 162 g/mol. The lowest BCUT2D eigenvalue weighted by Crippen LogP contribution is -2.16. The molecule has 0 bridgehead atoms. The van der Waals surface area contributed by atoms with Crippen LogP contribution in [-0.4, -0.2) is 5.78 Å². The summed E-state index contributed by atoms with van der Waals surface area (Å²) in [6.07, 6.45) is 8.23. The van der Waals surface area contributed by atoms with Crippen molar-refractivity contribution in [2.75, 3.05) is 0 Å². The highest BCUT2D eigenvalue weighted by Gasteiger charge is 2.23. The van der Waals surface area contributed by atoms with Crippen molar-refractivity contribution in [3.05, 3.63) is 23.3 Å². The third-order valence-electron chi connectivity index (χ3n) is 2.87. The minimum absolute atomic E-state index is 0.396. The summed E-state index contributed by atoms with van der Waals surface area (Å²) in [4.78, 5) is 11.5. The molecule has 0 aliphatic heterocycles.